The highest BCUT2D eigenvalue weighted by Gasteiger charge is 2.31. The number of nitrogens with two attached hydrogens (primary N) is 1. The van der Waals surface area contributed by atoms with Crippen LogP contribution in [0.4, 0.5) is 4.39 Å². The predicted octanol–water partition coefficient (Wildman–Crippen LogP) is 1.52. The Morgan fingerprint density at radius 1 is 1.44 bits per heavy atom. The fourth-order valence-electron chi connectivity index (χ4n) is 1.52. The standard InChI is InChI=1S/C13H17FN2O2/c1-4-13(3,12(15)18)16-11(17)10-6-5-9(14)7-8(10)2/h5-7H,4H2,1-3H3,(H2,15,18)(H,16,17). The van der Waals surface area contributed by atoms with Crippen LogP contribution in [0.2, 0.25) is 0 Å². The first-order valence-corrected chi connectivity index (χ1v) is 5.68. The van der Waals surface area contributed by atoms with Crippen molar-refractivity contribution in [2.75, 3.05) is 0 Å². The zero-order chi connectivity index (χ0) is 13.9. The first kappa shape index (κ1) is 14.2. The molecule has 1 atom stereocenters. The van der Waals surface area contributed by atoms with Crippen molar-refractivity contribution in [1.82, 2.24) is 5.32 Å². The molecule has 0 aliphatic rings. The average Bonchev–Trinajstić information content (AvgIpc) is 2.28. The molecular formula is C13H17FN2O2. The summed E-state index contributed by atoms with van der Waals surface area (Å²) in [6.45, 7) is 4.94. The van der Waals surface area contributed by atoms with Gasteiger partial charge in [-0.15, -0.1) is 0 Å². The third-order valence-corrected chi connectivity index (χ3v) is 3.07. The van der Waals surface area contributed by atoms with Crippen molar-refractivity contribution in [2.45, 2.75) is 32.7 Å². The molecule has 0 saturated carbocycles. The van der Waals surface area contributed by atoms with E-state index in [2.05, 4.69) is 5.32 Å². The summed E-state index contributed by atoms with van der Waals surface area (Å²) in [5.74, 6) is -1.44. The minimum absolute atomic E-state index is 0.331. The largest absolute Gasteiger partial charge is 0.368 e. The van der Waals surface area contributed by atoms with E-state index in [1.807, 2.05) is 0 Å². The third-order valence-electron chi connectivity index (χ3n) is 3.07. The number of carbonyl (C=O) groups excluding carboxylic acids is 2. The number of aryl methyl sites for hydroxylation is 1. The number of primary amides is 1. The Hall–Kier alpha value is -1.91. The molecule has 2 amide bonds. The molecule has 0 heterocycles. The van der Waals surface area contributed by atoms with E-state index in [1.54, 1.807) is 20.8 Å². The van der Waals surface area contributed by atoms with Crippen LogP contribution < -0.4 is 11.1 Å². The Balaban J connectivity index is 2.98. The lowest BCUT2D eigenvalue weighted by molar-refractivity contribution is -0.123. The Labute approximate surface area is 105 Å². The summed E-state index contributed by atoms with van der Waals surface area (Å²) < 4.78 is 12.9. The Bertz CT molecular complexity index is 488. The molecule has 5 heteroatoms. The minimum Gasteiger partial charge on any atom is -0.368 e. The van der Waals surface area contributed by atoms with Crippen LogP contribution in [0.5, 0.6) is 0 Å². The lowest BCUT2D eigenvalue weighted by Gasteiger charge is -2.26. The van der Waals surface area contributed by atoms with Crippen LogP contribution in [0, 0.1) is 12.7 Å². The van der Waals surface area contributed by atoms with Gasteiger partial charge in [0, 0.05) is 5.56 Å². The van der Waals surface area contributed by atoms with Crippen molar-refractivity contribution in [3.63, 3.8) is 0 Å². The maximum atomic E-state index is 12.9. The molecule has 4 nitrogen and oxygen atoms in total. The van der Waals surface area contributed by atoms with Gasteiger partial charge in [-0.3, -0.25) is 9.59 Å². The van der Waals surface area contributed by atoms with E-state index < -0.39 is 23.2 Å². The molecule has 18 heavy (non-hydrogen) atoms. The third kappa shape index (κ3) is 2.85. The van der Waals surface area contributed by atoms with Gasteiger partial charge in [0.25, 0.3) is 5.91 Å². The molecule has 0 fully saturated rings. The first-order valence-electron chi connectivity index (χ1n) is 5.68. The minimum atomic E-state index is -1.10. The predicted molar refractivity (Wildman–Crippen MR) is 66.5 cm³/mol. The van der Waals surface area contributed by atoms with E-state index in [0.29, 0.717) is 17.5 Å². The quantitative estimate of drug-likeness (QED) is 0.852. The number of benzene rings is 1. The second kappa shape index (κ2) is 5.16. The molecule has 98 valence electrons. The van der Waals surface area contributed by atoms with E-state index in [0.717, 1.165) is 0 Å². The zero-order valence-electron chi connectivity index (χ0n) is 10.7. The van der Waals surface area contributed by atoms with E-state index in [-0.39, 0.29) is 0 Å². The Kier molecular flexibility index (Phi) is 4.06. The van der Waals surface area contributed by atoms with Crippen molar-refractivity contribution in [1.29, 1.82) is 0 Å². The van der Waals surface area contributed by atoms with Gasteiger partial charge >= 0.3 is 0 Å². The van der Waals surface area contributed by atoms with Gasteiger partial charge in [0.05, 0.1) is 0 Å². The van der Waals surface area contributed by atoms with Gasteiger partial charge in [0.15, 0.2) is 0 Å². The molecule has 1 aromatic rings. The summed E-state index contributed by atoms with van der Waals surface area (Å²) in [5, 5.41) is 2.58. The van der Waals surface area contributed by atoms with Crippen molar-refractivity contribution >= 4 is 11.8 Å². The van der Waals surface area contributed by atoms with Crippen molar-refractivity contribution < 1.29 is 14.0 Å². The number of hydrogen-bond acceptors (Lipinski definition) is 2. The number of rotatable bonds is 4. The number of carbonyl (C=O) groups is 2. The fourth-order valence-corrected chi connectivity index (χ4v) is 1.52. The molecule has 0 aliphatic heterocycles. The number of hydrogen-bond donors (Lipinski definition) is 2. The SMILES string of the molecule is CCC(C)(NC(=O)c1ccc(F)cc1C)C(N)=O. The Morgan fingerprint density at radius 2 is 2.06 bits per heavy atom. The summed E-state index contributed by atoms with van der Waals surface area (Å²) >= 11 is 0. The Morgan fingerprint density at radius 3 is 2.50 bits per heavy atom. The number of amides is 2. The maximum absolute atomic E-state index is 12.9. The van der Waals surface area contributed by atoms with Crippen molar-refractivity contribution in [3.8, 4) is 0 Å². The highest BCUT2D eigenvalue weighted by molar-refractivity contribution is 5.99. The lowest BCUT2D eigenvalue weighted by atomic mass is 9.97. The fraction of sp³-hybridized carbons (Fsp3) is 0.385. The number of nitrogens with one attached hydrogen (secondary N) is 1. The molecule has 1 unspecified atom stereocenters. The molecule has 1 aromatic carbocycles. The summed E-state index contributed by atoms with van der Waals surface area (Å²) in [6, 6.07) is 3.86. The summed E-state index contributed by atoms with van der Waals surface area (Å²) in [7, 11) is 0. The monoisotopic (exact) mass is 252 g/mol. The van der Waals surface area contributed by atoms with Crippen LogP contribution in [0.25, 0.3) is 0 Å². The van der Waals surface area contributed by atoms with Gasteiger partial charge in [-0.1, -0.05) is 6.92 Å². The molecule has 0 saturated heterocycles. The normalized spacial score (nSPS) is 13.8. The summed E-state index contributed by atoms with van der Waals surface area (Å²) in [6.07, 6.45) is 0.383. The van der Waals surface area contributed by atoms with E-state index >= 15 is 0 Å². The van der Waals surface area contributed by atoms with Crippen LogP contribution in [-0.4, -0.2) is 17.4 Å². The van der Waals surface area contributed by atoms with Crippen LogP contribution in [0.15, 0.2) is 18.2 Å². The van der Waals surface area contributed by atoms with Gasteiger partial charge in [-0.25, -0.2) is 4.39 Å². The van der Waals surface area contributed by atoms with Crippen LogP contribution >= 0.6 is 0 Å². The van der Waals surface area contributed by atoms with Crippen LogP contribution in [0.1, 0.15) is 36.2 Å². The van der Waals surface area contributed by atoms with Crippen molar-refractivity contribution in [2.24, 2.45) is 5.73 Å². The van der Waals surface area contributed by atoms with Gasteiger partial charge in [-0.05, 0) is 44.0 Å². The van der Waals surface area contributed by atoms with E-state index in [9.17, 15) is 14.0 Å². The van der Waals surface area contributed by atoms with Gasteiger partial charge in [-0.2, -0.15) is 0 Å². The topological polar surface area (TPSA) is 72.2 Å². The number of halogens is 1. The highest BCUT2D eigenvalue weighted by atomic mass is 19.1. The van der Waals surface area contributed by atoms with Gasteiger partial charge in [0.1, 0.15) is 11.4 Å². The molecule has 0 spiro atoms. The van der Waals surface area contributed by atoms with Crippen LogP contribution in [0.3, 0.4) is 0 Å². The molecule has 0 bridgehead atoms. The maximum Gasteiger partial charge on any atom is 0.252 e. The van der Waals surface area contributed by atoms with E-state index in [4.69, 9.17) is 5.73 Å². The smallest absolute Gasteiger partial charge is 0.252 e. The van der Waals surface area contributed by atoms with Gasteiger partial charge < -0.3 is 11.1 Å². The lowest BCUT2D eigenvalue weighted by Crippen LogP contribution is -2.55. The molecule has 3 N–H and O–H groups in total. The van der Waals surface area contributed by atoms with E-state index in [1.165, 1.54) is 18.2 Å². The molecule has 0 radical (unpaired) electrons. The summed E-state index contributed by atoms with van der Waals surface area (Å²) in [5.41, 5.74) is 5.00. The van der Waals surface area contributed by atoms with Crippen molar-refractivity contribution in [3.05, 3.63) is 35.1 Å². The molecule has 1 rings (SSSR count). The first-order chi connectivity index (χ1) is 8.30. The zero-order valence-corrected chi connectivity index (χ0v) is 10.7. The average molecular weight is 252 g/mol. The molecular weight excluding hydrogens is 235 g/mol. The summed E-state index contributed by atoms with van der Waals surface area (Å²) in [4.78, 5) is 23.3. The van der Waals surface area contributed by atoms with Crippen LogP contribution in [-0.2, 0) is 4.79 Å². The molecule has 0 aliphatic carbocycles. The van der Waals surface area contributed by atoms with Gasteiger partial charge in [0.2, 0.25) is 5.91 Å². The molecule has 0 aromatic heterocycles. The second-order valence-corrected chi connectivity index (χ2v) is 4.46. The highest BCUT2D eigenvalue weighted by Crippen LogP contribution is 2.14. The second-order valence-electron chi connectivity index (χ2n) is 4.46.